The average molecular weight is 388 g/mol. The molecule has 1 atom stereocenters. The van der Waals surface area contributed by atoms with Crippen molar-refractivity contribution in [2.75, 3.05) is 5.32 Å². The van der Waals surface area contributed by atoms with Crippen LogP contribution < -0.4 is 16.0 Å². The Morgan fingerprint density at radius 2 is 2.08 bits per heavy atom. The maximum Gasteiger partial charge on any atom is 0.251 e. The topological polar surface area (TPSA) is 70.2 Å². The Morgan fingerprint density at radius 1 is 1.27 bits per heavy atom. The number of thiocarbonyl (C=S) groups is 1. The fourth-order valence-electron chi connectivity index (χ4n) is 2.01. The van der Waals surface area contributed by atoms with Crippen molar-refractivity contribution in [2.24, 2.45) is 0 Å². The van der Waals surface area contributed by atoms with E-state index in [1.54, 1.807) is 41.7 Å². The number of carbonyl (C=O) groups excluding carboxylic acids is 2. The highest BCUT2D eigenvalue weighted by Gasteiger charge is 2.09. The predicted molar refractivity (Wildman–Crippen MR) is 111 cm³/mol. The highest BCUT2D eigenvalue weighted by atomic mass is 32.1. The zero-order chi connectivity index (χ0) is 18.9. The quantitative estimate of drug-likeness (QED) is 0.521. The lowest BCUT2D eigenvalue weighted by Crippen LogP contribution is -2.33. The zero-order valence-corrected chi connectivity index (χ0v) is 16.2. The number of hydrogen-bond acceptors (Lipinski definition) is 4. The molecular weight excluding hydrogens is 366 g/mol. The van der Waals surface area contributed by atoms with Gasteiger partial charge in [0.15, 0.2) is 5.11 Å². The molecule has 2 amide bonds. The highest BCUT2D eigenvalue weighted by Crippen LogP contribution is 2.12. The van der Waals surface area contributed by atoms with E-state index in [2.05, 4.69) is 16.0 Å². The van der Waals surface area contributed by atoms with Crippen LogP contribution in [0.3, 0.4) is 0 Å². The summed E-state index contributed by atoms with van der Waals surface area (Å²) in [7, 11) is 0. The minimum absolute atomic E-state index is 0.106. The standard InChI is InChI=1S/C19H21N3O2S2/c1-3-13(2)20-18(24)14-6-4-7-15(12-14)21-19(25)22-17(23)10-9-16-8-5-11-26-16/h4-13H,3H2,1-2H3,(H,20,24)(H2,21,22,23,25)/b10-9+. The van der Waals surface area contributed by atoms with Gasteiger partial charge in [-0.3, -0.25) is 14.9 Å². The summed E-state index contributed by atoms with van der Waals surface area (Å²) < 4.78 is 0. The summed E-state index contributed by atoms with van der Waals surface area (Å²) in [5.74, 6) is -0.460. The fraction of sp³-hybridized carbons (Fsp3) is 0.211. The van der Waals surface area contributed by atoms with Crippen LogP contribution in [0.1, 0.15) is 35.5 Å². The second-order valence-electron chi connectivity index (χ2n) is 5.66. The van der Waals surface area contributed by atoms with Gasteiger partial charge in [0, 0.05) is 28.2 Å². The summed E-state index contributed by atoms with van der Waals surface area (Å²) in [4.78, 5) is 25.0. The molecule has 2 aromatic rings. The van der Waals surface area contributed by atoms with Crippen molar-refractivity contribution in [2.45, 2.75) is 26.3 Å². The molecule has 0 saturated heterocycles. The Morgan fingerprint density at radius 3 is 2.77 bits per heavy atom. The van der Waals surface area contributed by atoms with E-state index < -0.39 is 0 Å². The van der Waals surface area contributed by atoms with Gasteiger partial charge in [0.1, 0.15) is 0 Å². The van der Waals surface area contributed by atoms with Gasteiger partial charge in [0.2, 0.25) is 5.91 Å². The summed E-state index contributed by atoms with van der Waals surface area (Å²) in [6.45, 7) is 3.96. The molecule has 2 rings (SSSR count). The number of amides is 2. The first-order chi connectivity index (χ1) is 12.5. The van der Waals surface area contributed by atoms with E-state index in [0.717, 1.165) is 11.3 Å². The van der Waals surface area contributed by atoms with Crippen molar-refractivity contribution in [3.8, 4) is 0 Å². The van der Waals surface area contributed by atoms with Crippen LogP contribution in [-0.4, -0.2) is 23.0 Å². The lowest BCUT2D eigenvalue weighted by Gasteiger charge is -2.13. The lowest BCUT2D eigenvalue weighted by atomic mass is 10.1. The van der Waals surface area contributed by atoms with Crippen LogP contribution in [0.5, 0.6) is 0 Å². The van der Waals surface area contributed by atoms with Gasteiger partial charge in [0.05, 0.1) is 0 Å². The Kier molecular flexibility index (Phi) is 7.50. The van der Waals surface area contributed by atoms with Gasteiger partial charge in [-0.2, -0.15) is 0 Å². The third-order valence-electron chi connectivity index (χ3n) is 3.55. The van der Waals surface area contributed by atoms with Gasteiger partial charge in [-0.25, -0.2) is 0 Å². The van der Waals surface area contributed by atoms with E-state index in [1.165, 1.54) is 6.08 Å². The van der Waals surface area contributed by atoms with E-state index >= 15 is 0 Å². The molecule has 1 unspecified atom stereocenters. The number of anilines is 1. The van der Waals surface area contributed by atoms with Crippen molar-refractivity contribution in [3.05, 3.63) is 58.3 Å². The Balaban J connectivity index is 1.91. The van der Waals surface area contributed by atoms with Crippen LogP contribution in [-0.2, 0) is 4.79 Å². The molecule has 0 radical (unpaired) electrons. The number of hydrogen-bond donors (Lipinski definition) is 3. The van der Waals surface area contributed by atoms with E-state index in [9.17, 15) is 9.59 Å². The molecule has 0 saturated carbocycles. The van der Waals surface area contributed by atoms with E-state index in [1.807, 2.05) is 31.4 Å². The van der Waals surface area contributed by atoms with Crippen LogP contribution in [0, 0.1) is 0 Å². The van der Waals surface area contributed by atoms with Crippen molar-refractivity contribution < 1.29 is 9.59 Å². The summed E-state index contributed by atoms with van der Waals surface area (Å²) >= 11 is 6.69. The van der Waals surface area contributed by atoms with Gasteiger partial charge >= 0.3 is 0 Å². The first-order valence-corrected chi connectivity index (χ1v) is 9.51. The molecular formula is C19H21N3O2S2. The molecule has 26 heavy (non-hydrogen) atoms. The van der Waals surface area contributed by atoms with Gasteiger partial charge in [0.25, 0.3) is 5.91 Å². The molecule has 7 heteroatoms. The minimum Gasteiger partial charge on any atom is -0.350 e. The van der Waals surface area contributed by atoms with Crippen molar-refractivity contribution in [3.63, 3.8) is 0 Å². The lowest BCUT2D eigenvalue weighted by molar-refractivity contribution is -0.115. The third-order valence-corrected chi connectivity index (χ3v) is 4.59. The zero-order valence-electron chi connectivity index (χ0n) is 14.6. The van der Waals surface area contributed by atoms with Crippen LogP contribution in [0.2, 0.25) is 0 Å². The Bertz CT molecular complexity index is 801. The normalized spacial score (nSPS) is 11.8. The van der Waals surface area contributed by atoms with Gasteiger partial charge in [-0.05, 0) is 61.3 Å². The number of rotatable bonds is 6. The van der Waals surface area contributed by atoms with Gasteiger partial charge < -0.3 is 10.6 Å². The van der Waals surface area contributed by atoms with Crippen LogP contribution in [0.15, 0.2) is 47.9 Å². The second-order valence-corrected chi connectivity index (χ2v) is 7.04. The SMILES string of the molecule is CCC(C)NC(=O)c1cccc(NC(=S)NC(=O)/C=C/c2cccs2)c1. The molecule has 0 aliphatic carbocycles. The van der Waals surface area contributed by atoms with Crippen LogP contribution in [0.4, 0.5) is 5.69 Å². The molecule has 136 valence electrons. The fourth-order valence-corrected chi connectivity index (χ4v) is 2.84. The molecule has 5 nitrogen and oxygen atoms in total. The van der Waals surface area contributed by atoms with Crippen molar-refractivity contribution in [1.82, 2.24) is 10.6 Å². The molecule has 1 aromatic heterocycles. The molecule has 1 heterocycles. The molecule has 3 N–H and O–H groups in total. The molecule has 0 fully saturated rings. The molecule has 0 spiro atoms. The van der Waals surface area contributed by atoms with Crippen LogP contribution in [0.25, 0.3) is 6.08 Å². The Hall–Kier alpha value is -2.51. The number of carbonyl (C=O) groups is 2. The maximum absolute atomic E-state index is 12.2. The van der Waals surface area contributed by atoms with Gasteiger partial charge in [-0.1, -0.05) is 19.1 Å². The minimum atomic E-state index is -0.318. The number of thiophene rings is 1. The summed E-state index contributed by atoms with van der Waals surface area (Å²) in [6, 6.07) is 10.9. The first kappa shape index (κ1) is 19.8. The summed E-state index contributed by atoms with van der Waals surface area (Å²) in [5.41, 5.74) is 1.16. The molecule has 1 aromatic carbocycles. The average Bonchev–Trinajstić information content (AvgIpc) is 3.13. The summed E-state index contributed by atoms with van der Waals surface area (Å²) in [5, 5.41) is 10.5. The number of nitrogens with one attached hydrogen (secondary N) is 3. The second kappa shape index (κ2) is 9.84. The number of benzene rings is 1. The van der Waals surface area contributed by atoms with Gasteiger partial charge in [-0.15, -0.1) is 11.3 Å². The monoisotopic (exact) mass is 387 g/mol. The van der Waals surface area contributed by atoms with E-state index in [-0.39, 0.29) is 23.0 Å². The Labute approximate surface area is 162 Å². The first-order valence-electron chi connectivity index (χ1n) is 8.22. The molecule has 0 aliphatic rings. The predicted octanol–water partition coefficient (Wildman–Crippen LogP) is 3.80. The van der Waals surface area contributed by atoms with E-state index in [4.69, 9.17) is 12.2 Å². The van der Waals surface area contributed by atoms with Crippen molar-refractivity contribution >= 4 is 52.2 Å². The highest BCUT2D eigenvalue weighted by molar-refractivity contribution is 7.80. The molecule has 0 bridgehead atoms. The van der Waals surface area contributed by atoms with Crippen LogP contribution >= 0.6 is 23.6 Å². The summed E-state index contributed by atoms with van der Waals surface area (Å²) in [6.07, 6.45) is 4.01. The molecule has 0 aliphatic heterocycles. The third kappa shape index (κ3) is 6.42. The van der Waals surface area contributed by atoms with E-state index in [0.29, 0.717) is 11.3 Å². The van der Waals surface area contributed by atoms with Crippen molar-refractivity contribution in [1.29, 1.82) is 0 Å². The maximum atomic E-state index is 12.2. The largest absolute Gasteiger partial charge is 0.350 e. The smallest absolute Gasteiger partial charge is 0.251 e.